The lowest BCUT2D eigenvalue weighted by Gasteiger charge is -2.10. The summed E-state index contributed by atoms with van der Waals surface area (Å²) in [4.78, 5) is 23.7. The number of benzene rings is 2. The van der Waals surface area contributed by atoms with Crippen molar-refractivity contribution >= 4 is 49.4 Å². The van der Waals surface area contributed by atoms with Crippen molar-refractivity contribution in [1.82, 2.24) is 15.6 Å². The number of hydrazine groups is 1. The standard InChI is InChI=1S/C16H15BrClN3O5S/c17-10-2-1-3-12(8-10)27(25,26)19-7-6-15(23)20-21-16(24)13-9-11(18)4-5-14(13)22/h1-5,8-9,19,22H,6-7H2,(H,20,23)(H,21,24). The van der Waals surface area contributed by atoms with E-state index in [-0.39, 0.29) is 34.2 Å². The topological polar surface area (TPSA) is 125 Å². The fraction of sp³-hybridized carbons (Fsp3) is 0.125. The molecule has 4 N–H and O–H groups in total. The van der Waals surface area contributed by atoms with Gasteiger partial charge in [0.2, 0.25) is 15.9 Å². The van der Waals surface area contributed by atoms with Crippen LogP contribution in [0, 0.1) is 0 Å². The van der Waals surface area contributed by atoms with Crippen LogP contribution in [-0.4, -0.2) is 31.9 Å². The normalized spacial score (nSPS) is 11.0. The van der Waals surface area contributed by atoms with Gasteiger partial charge in [-0.15, -0.1) is 0 Å². The van der Waals surface area contributed by atoms with E-state index in [1.54, 1.807) is 12.1 Å². The van der Waals surface area contributed by atoms with E-state index in [1.165, 1.54) is 30.3 Å². The largest absolute Gasteiger partial charge is 0.507 e. The van der Waals surface area contributed by atoms with Crippen LogP contribution >= 0.6 is 27.5 Å². The molecule has 0 aromatic heterocycles. The minimum atomic E-state index is -3.76. The molecule has 0 saturated carbocycles. The Morgan fingerprint density at radius 2 is 1.85 bits per heavy atom. The number of carbonyl (C=O) groups is 2. The van der Waals surface area contributed by atoms with Gasteiger partial charge in [-0.2, -0.15) is 0 Å². The van der Waals surface area contributed by atoms with Crippen molar-refractivity contribution < 1.29 is 23.1 Å². The number of phenols is 1. The fourth-order valence-corrected chi connectivity index (χ4v) is 3.76. The predicted octanol–water partition coefficient (Wildman–Crippen LogP) is 1.94. The lowest BCUT2D eigenvalue weighted by atomic mass is 10.2. The molecule has 0 aliphatic heterocycles. The van der Waals surface area contributed by atoms with Crippen LogP contribution in [0.3, 0.4) is 0 Å². The average molecular weight is 477 g/mol. The molecule has 0 aliphatic rings. The summed E-state index contributed by atoms with van der Waals surface area (Å²) in [6.45, 7) is -0.168. The number of rotatable bonds is 6. The van der Waals surface area contributed by atoms with Crippen LogP contribution in [0.15, 0.2) is 51.8 Å². The summed E-state index contributed by atoms with van der Waals surface area (Å²) in [6.07, 6.45) is -0.213. The van der Waals surface area contributed by atoms with Gasteiger partial charge in [0.05, 0.1) is 10.5 Å². The van der Waals surface area contributed by atoms with E-state index in [4.69, 9.17) is 11.6 Å². The average Bonchev–Trinajstić information content (AvgIpc) is 2.61. The zero-order valence-corrected chi connectivity index (χ0v) is 16.9. The molecule has 2 aromatic carbocycles. The SMILES string of the molecule is O=C(CCNS(=O)(=O)c1cccc(Br)c1)NNC(=O)c1cc(Cl)ccc1O. The summed E-state index contributed by atoms with van der Waals surface area (Å²) in [7, 11) is -3.76. The van der Waals surface area contributed by atoms with Crippen LogP contribution in [0.2, 0.25) is 5.02 Å². The lowest BCUT2D eigenvalue weighted by Crippen LogP contribution is -2.42. The van der Waals surface area contributed by atoms with Crippen LogP contribution in [0.25, 0.3) is 0 Å². The molecule has 8 nitrogen and oxygen atoms in total. The second kappa shape index (κ2) is 9.18. The van der Waals surface area contributed by atoms with Crippen molar-refractivity contribution in [2.75, 3.05) is 6.54 Å². The Bertz CT molecular complexity index is 968. The number of halogens is 2. The van der Waals surface area contributed by atoms with Gasteiger partial charge in [-0.05, 0) is 36.4 Å². The Hall–Kier alpha value is -2.14. The molecule has 0 saturated heterocycles. The lowest BCUT2D eigenvalue weighted by molar-refractivity contribution is -0.121. The number of amides is 2. The fourth-order valence-electron chi connectivity index (χ4n) is 1.96. The molecule has 2 rings (SSSR count). The van der Waals surface area contributed by atoms with Gasteiger partial charge in [-0.1, -0.05) is 33.6 Å². The summed E-state index contributed by atoms with van der Waals surface area (Å²) in [5.74, 6) is -1.69. The number of carbonyl (C=O) groups excluding carboxylic acids is 2. The molecule has 0 bridgehead atoms. The Kier molecular flexibility index (Phi) is 7.19. The highest BCUT2D eigenvalue weighted by Crippen LogP contribution is 2.21. The number of sulfonamides is 1. The summed E-state index contributed by atoms with van der Waals surface area (Å²) >= 11 is 8.93. The van der Waals surface area contributed by atoms with Crippen LogP contribution < -0.4 is 15.6 Å². The molecule has 0 spiro atoms. The van der Waals surface area contributed by atoms with E-state index in [0.717, 1.165) is 0 Å². The van der Waals surface area contributed by atoms with Gasteiger partial charge < -0.3 is 5.11 Å². The number of aromatic hydroxyl groups is 1. The van der Waals surface area contributed by atoms with Crippen LogP contribution in [0.4, 0.5) is 0 Å². The molecule has 0 atom stereocenters. The first-order valence-electron chi connectivity index (χ1n) is 7.52. The Labute approximate surface area is 169 Å². The van der Waals surface area contributed by atoms with Crippen molar-refractivity contribution in [2.24, 2.45) is 0 Å². The van der Waals surface area contributed by atoms with Crippen molar-refractivity contribution in [3.05, 3.63) is 57.5 Å². The first-order chi connectivity index (χ1) is 12.7. The summed E-state index contributed by atoms with van der Waals surface area (Å²) in [5.41, 5.74) is 4.13. The number of hydrogen-bond acceptors (Lipinski definition) is 5. The predicted molar refractivity (Wildman–Crippen MR) is 103 cm³/mol. The molecule has 27 heavy (non-hydrogen) atoms. The first-order valence-corrected chi connectivity index (χ1v) is 10.2. The molecule has 2 aromatic rings. The zero-order valence-electron chi connectivity index (χ0n) is 13.7. The van der Waals surface area contributed by atoms with Crippen LogP contribution in [0.5, 0.6) is 5.75 Å². The van der Waals surface area contributed by atoms with Crippen molar-refractivity contribution in [3.63, 3.8) is 0 Å². The molecule has 144 valence electrons. The maximum atomic E-state index is 12.1. The molecule has 2 amide bonds. The highest BCUT2D eigenvalue weighted by atomic mass is 79.9. The van der Waals surface area contributed by atoms with Gasteiger partial charge in [0, 0.05) is 22.5 Å². The van der Waals surface area contributed by atoms with E-state index in [0.29, 0.717) is 4.47 Å². The zero-order chi connectivity index (χ0) is 20.0. The Morgan fingerprint density at radius 1 is 1.11 bits per heavy atom. The molecule has 0 radical (unpaired) electrons. The summed E-state index contributed by atoms with van der Waals surface area (Å²) < 4.78 is 27.1. The third-order valence-electron chi connectivity index (χ3n) is 3.27. The minimum absolute atomic E-state index is 0.0574. The van der Waals surface area contributed by atoms with E-state index in [2.05, 4.69) is 31.5 Å². The molecular formula is C16H15BrClN3O5S. The van der Waals surface area contributed by atoms with Gasteiger partial charge in [0.15, 0.2) is 0 Å². The Balaban J connectivity index is 1.82. The number of nitrogens with one attached hydrogen (secondary N) is 3. The Morgan fingerprint density at radius 3 is 2.56 bits per heavy atom. The number of phenolic OH excluding ortho intramolecular Hbond substituents is 1. The van der Waals surface area contributed by atoms with E-state index in [1.807, 2.05) is 0 Å². The highest BCUT2D eigenvalue weighted by Gasteiger charge is 2.15. The van der Waals surface area contributed by atoms with Crippen LogP contribution in [0.1, 0.15) is 16.8 Å². The first kappa shape index (κ1) is 21.2. The van der Waals surface area contributed by atoms with Crippen molar-refractivity contribution in [3.8, 4) is 5.75 Å². The maximum absolute atomic E-state index is 12.1. The molecule has 11 heteroatoms. The quantitative estimate of drug-likeness (QED) is 0.474. The second-order valence-electron chi connectivity index (χ2n) is 5.27. The second-order valence-corrected chi connectivity index (χ2v) is 8.39. The highest BCUT2D eigenvalue weighted by molar-refractivity contribution is 9.10. The van der Waals surface area contributed by atoms with Crippen molar-refractivity contribution in [2.45, 2.75) is 11.3 Å². The number of hydrogen-bond donors (Lipinski definition) is 4. The van der Waals surface area contributed by atoms with Gasteiger partial charge >= 0.3 is 0 Å². The van der Waals surface area contributed by atoms with E-state index >= 15 is 0 Å². The monoisotopic (exact) mass is 475 g/mol. The summed E-state index contributed by atoms with van der Waals surface area (Å²) in [5, 5.41) is 9.86. The molecule has 0 fully saturated rings. The van der Waals surface area contributed by atoms with Gasteiger partial charge in [-0.25, -0.2) is 13.1 Å². The minimum Gasteiger partial charge on any atom is -0.507 e. The van der Waals surface area contributed by atoms with E-state index in [9.17, 15) is 23.1 Å². The van der Waals surface area contributed by atoms with Crippen molar-refractivity contribution in [1.29, 1.82) is 0 Å². The molecule has 0 heterocycles. The van der Waals surface area contributed by atoms with Gasteiger partial charge in [0.1, 0.15) is 5.75 Å². The van der Waals surface area contributed by atoms with Crippen LogP contribution in [-0.2, 0) is 14.8 Å². The third kappa shape index (κ3) is 6.21. The van der Waals surface area contributed by atoms with Gasteiger partial charge in [-0.3, -0.25) is 20.4 Å². The van der Waals surface area contributed by atoms with Gasteiger partial charge in [0.25, 0.3) is 5.91 Å². The summed E-state index contributed by atoms with van der Waals surface area (Å²) in [6, 6.07) is 10.0. The maximum Gasteiger partial charge on any atom is 0.273 e. The molecular weight excluding hydrogens is 462 g/mol. The third-order valence-corrected chi connectivity index (χ3v) is 5.46. The molecule has 0 aliphatic carbocycles. The van der Waals surface area contributed by atoms with E-state index < -0.39 is 21.8 Å². The smallest absolute Gasteiger partial charge is 0.273 e. The molecule has 0 unspecified atom stereocenters.